The molecular weight excluding hydrogens is 1200 g/mol. The molecule has 0 radical (unpaired) electrons. The maximum Gasteiger partial charge on any atom is 0.328 e. The highest BCUT2D eigenvalue weighted by Crippen LogP contribution is 2.75. The molecular formula is C63H95N3O25. The Morgan fingerprint density at radius 1 is 0.549 bits per heavy atom. The number of carbonyl (C=O) groups is 10. The third kappa shape index (κ3) is 14.1. The van der Waals surface area contributed by atoms with Gasteiger partial charge in [0.25, 0.3) is 11.8 Å². The Balaban J connectivity index is 1.18. The molecule has 512 valence electrons. The lowest BCUT2D eigenvalue weighted by Crippen LogP contribution is -2.69. The number of ether oxygens (including phenoxy) is 10. The molecule has 0 aromatic heterocycles. The van der Waals surface area contributed by atoms with Gasteiger partial charge in [-0.05, 0) is 122 Å². The van der Waals surface area contributed by atoms with E-state index in [2.05, 4.69) is 48.4 Å². The Labute approximate surface area is 529 Å². The van der Waals surface area contributed by atoms with Crippen LogP contribution in [0.1, 0.15) is 145 Å². The van der Waals surface area contributed by atoms with Gasteiger partial charge < -0.3 is 88.9 Å². The van der Waals surface area contributed by atoms with Gasteiger partial charge in [-0.2, -0.15) is 0 Å². The molecule has 22 atom stereocenters. The number of carbonyl (C=O) groups excluding carboxylic acids is 10. The molecule has 5 aliphatic carbocycles. The normalized spacial score (nSPS) is 38.3. The second-order valence-electron chi connectivity index (χ2n) is 27.7. The predicted molar refractivity (Wildman–Crippen MR) is 312 cm³/mol. The van der Waals surface area contributed by atoms with Crippen molar-refractivity contribution in [3.63, 3.8) is 0 Å². The van der Waals surface area contributed by atoms with Crippen LogP contribution in [0.2, 0.25) is 0 Å². The van der Waals surface area contributed by atoms with E-state index in [0.29, 0.717) is 38.5 Å². The molecule has 3 amide bonds. The monoisotopic (exact) mass is 1290 g/mol. The lowest BCUT2D eigenvalue weighted by atomic mass is 9.33. The number of ketones is 1. The Kier molecular flexibility index (Phi) is 22.7. The first-order valence-corrected chi connectivity index (χ1v) is 31.2. The molecule has 7 aliphatic rings. The lowest BCUT2D eigenvalue weighted by Gasteiger charge is -2.70. The number of hydrogen-bond acceptors (Lipinski definition) is 25. The molecule has 28 heteroatoms. The number of aliphatic hydroxyl groups is 5. The second-order valence-corrected chi connectivity index (χ2v) is 27.7. The van der Waals surface area contributed by atoms with Gasteiger partial charge in [0.1, 0.15) is 54.7 Å². The smallest absolute Gasteiger partial charge is 0.328 e. The molecule has 2 heterocycles. The fourth-order valence-electron chi connectivity index (χ4n) is 16.5. The van der Waals surface area contributed by atoms with Crippen LogP contribution in [0.3, 0.4) is 0 Å². The van der Waals surface area contributed by atoms with E-state index < -0.39 is 166 Å². The van der Waals surface area contributed by atoms with E-state index in [1.165, 1.54) is 14.2 Å². The van der Waals surface area contributed by atoms with Crippen LogP contribution in [0, 0.1) is 50.2 Å². The van der Waals surface area contributed by atoms with Crippen LogP contribution in [-0.2, 0) is 95.3 Å². The van der Waals surface area contributed by atoms with Gasteiger partial charge in [0, 0.05) is 30.6 Å². The summed E-state index contributed by atoms with van der Waals surface area (Å²) in [5, 5.41) is 65.2. The third-order valence-corrected chi connectivity index (χ3v) is 22.3. The molecule has 6 fully saturated rings. The molecule has 14 unspecified atom stereocenters. The van der Waals surface area contributed by atoms with Gasteiger partial charge >= 0.3 is 35.8 Å². The summed E-state index contributed by atoms with van der Waals surface area (Å²) in [5.41, 5.74) is -2.85. The average molecular weight is 1290 g/mol. The van der Waals surface area contributed by atoms with Gasteiger partial charge in [0.2, 0.25) is 5.91 Å². The minimum Gasteiger partial charge on any atom is -0.469 e. The molecule has 8 N–H and O–H groups in total. The Morgan fingerprint density at radius 3 is 1.52 bits per heavy atom. The van der Waals surface area contributed by atoms with E-state index in [4.69, 9.17) is 42.6 Å². The topological polar surface area (TPSA) is 400 Å². The van der Waals surface area contributed by atoms with Gasteiger partial charge in [0.15, 0.2) is 30.6 Å². The van der Waals surface area contributed by atoms with Gasteiger partial charge in [-0.1, -0.05) is 54.0 Å². The number of nitrogens with one attached hydrogen (secondary N) is 3. The highest BCUT2D eigenvalue weighted by molar-refractivity contribution is 5.96. The van der Waals surface area contributed by atoms with Crippen LogP contribution in [0.25, 0.3) is 0 Å². The molecule has 2 saturated heterocycles. The number of fused-ring (bicyclic) bond motifs is 7. The number of methoxy groups -OCH3 is 6. The van der Waals surface area contributed by atoms with Crippen molar-refractivity contribution >= 4 is 59.3 Å². The summed E-state index contributed by atoms with van der Waals surface area (Å²) in [5.74, 6) is -8.39. The van der Waals surface area contributed by atoms with Gasteiger partial charge in [-0.3, -0.25) is 33.6 Å². The zero-order valence-electron chi connectivity index (χ0n) is 54.4. The van der Waals surface area contributed by atoms with Crippen LogP contribution >= 0.6 is 0 Å². The quantitative estimate of drug-likeness (QED) is 0.0423. The number of allylic oxidation sites excluding steroid dienone is 2. The van der Waals surface area contributed by atoms with Crippen molar-refractivity contribution in [2.45, 2.75) is 230 Å². The van der Waals surface area contributed by atoms with Crippen LogP contribution in [-0.4, -0.2) is 213 Å². The third-order valence-electron chi connectivity index (χ3n) is 22.3. The number of amides is 3. The number of aliphatic hydroxyl groups excluding tert-OH is 5. The van der Waals surface area contributed by atoms with E-state index in [1.807, 2.05) is 26.8 Å². The second kappa shape index (κ2) is 28.5. The molecule has 28 nitrogen and oxygen atoms in total. The maximum absolute atomic E-state index is 15.5. The zero-order valence-corrected chi connectivity index (χ0v) is 54.4. The minimum atomic E-state index is -2.22. The van der Waals surface area contributed by atoms with Crippen LogP contribution < -0.4 is 16.0 Å². The Hall–Kier alpha value is -5.72. The highest BCUT2D eigenvalue weighted by atomic mass is 16.8. The predicted octanol–water partition coefficient (Wildman–Crippen LogP) is 0.825. The van der Waals surface area contributed by atoms with Crippen LogP contribution in [0.5, 0.6) is 0 Å². The van der Waals surface area contributed by atoms with Crippen molar-refractivity contribution in [1.29, 1.82) is 0 Å². The zero-order chi connectivity index (χ0) is 67.7. The van der Waals surface area contributed by atoms with E-state index in [1.54, 1.807) is 0 Å². The van der Waals surface area contributed by atoms with E-state index in [9.17, 15) is 68.7 Å². The largest absolute Gasteiger partial charge is 0.469 e. The summed E-state index contributed by atoms with van der Waals surface area (Å²) >= 11 is 0. The molecule has 0 spiro atoms. The SMILES string of the molecule is COC(=O)CC[C@H](NC(=O)C1OC(OC2C(OC3CC[C@@]4(C)C(CC[C@]5(C)C4C(=O)C=C4C6C[C@@](C)(C(=O)N[C@H](CCC(=O)OC)C(=O)OC)CC[C@]6(C)CC[C@]45C)C3(C)C)OC(C(=O)N[C@@H](CCC(=O)OC)C(=O)OC)C(O)C2O)C(O)C(O)C1O)C(=O)OC. The van der Waals surface area contributed by atoms with Crippen LogP contribution in [0.4, 0.5) is 0 Å². The first-order valence-electron chi connectivity index (χ1n) is 31.2. The van der Waals surface area contributed by atoms with Gasteiger partial charge in [-0.25, -0.2) is 14.4 Å². The number of hydrogen-bond donors (Lipinski definition) is 8. The molecule has 4 saturated carbocycles. The van der Waals surface area contributed by atoms with E-state index >= 15 is 4.79 Å². The number of rotatable bonds is 22. The standard InChI is InChI=1S/C63H95N3O25/c1-58(2)36-20-23-63(7)49(35(67)28-30-31-29-60(4,25-24-59(31,3)26-27-62(30,63)6)57(81)66-34(54(80)87-13)16-19-40(70)84-10)61(36,5)22-21-37(58)88-56-48(44(74)43(73)47(90-56)51(77)65-33(53(79)86-12)15-18-39(69)83-9)91-55-45(75)41(71)42(72)46(89-55)50(76)64-32(52(78)85-11)14-17-38(68)82-8/h28,31-34,36-37,41-49,55-56,71-75H,14-27,29H2,1-13H3,(H,64,76)(H,65,77)(H,66,81)/t31?,32-,33-,34+,36?,37?,41?,42?,43?,44?,45?,46?,47?,48?,49?,55?,56?,59+,60-,61-,62+,63+/m0/s1. The molecule has 0 aromatic rings. The summed E-state index contributed by atoms with van der Waals surface area (Å²) in [6.45, 7) is 14.6. The first-order chi connectivity index (χ1) is 42.6. The summed E-state index contributed by atoms with van der Waals surface area (Å²) in [6, 6.07) is -4.09. The molecule has 0 bridgehead atoms. The van der Waals surface area contributed by atoms with Crippen molar-refractivity contribution in [1.82, 2.24) is 16.0 Å². The Morgan fingerprint density at radius 2 is 1.02 bits per heavy atom. The maximum atomic E-state index is 15.5. The van der Waals surface area contributed by atoms with Gasteiger partial charge in [-0.15, -0.1) is 0 Å². The summed E-state index contributed by atoms with van der Waals surface area (Å²) in [6.07, 6.45) is -16.6. The minimum absolute atomic E-state index is 0.0180. The van der Waals surface area contributed by atoms with Crippen molar-refractivity contribution in [2.24, 2.45) is 50.2 Å². The summed E-state index contributed by atoms with van der Waals surface area (Å²) < 4.78 is 53.9. The molecule has 0 aromatic carbocycles. The summed E-state index contributed by atoms with van der Waals surface area (Å²) in [7, 11) is 6.76. The van der Waals surface area contributed by atoms with Crippen molar-refractivity contribution in [2.75, 3.05) is 42.7 Å². The van der Waals surface area contributed by atoms with E-state index in [-0.39, 0.29) is 73.9 Å². The highest BCUT2D eigenvalue weighted by Gasteiger charge is 2.71. The molecule has 7 rings (SSSR count). The first kappa shape index (κ1) is 72.7. The van der Waals surface area contributed by atoms with Crippen molar-refractivity contribution in [3.05, 3.63) is 11.6 Å². The Bertz CT molecular complexity index is 2800. The fraction of sp³-hybridized carbons (Fsp3) is 0.810. The number of esters is 6. The molecule has 91 heavy (non-hydrogen) atoms. The van der Waals surface area contributed by atoms with Crippen molar-refractivity contribution in [3.8, 4) is 0 Å². The van der Waals surface area contributed by atoms with Crippen LogP contribution in [0.15, 0.2) is 11.6 Å². The van der Waals surface area contributed by atoms with E-state index in [0.717, 1.165) is 46.9 Å². The summed E-state index contributed by atoms with van der Waals surface area (Å²) in [4.78, 5) is 133. The van der Waals surface area contributed by atoms with Gasteiger partial charge in [0.05, 0.1) is 48.8 Å². The fourth-order valence-corrected chi connectivity index (χ4v) is 16.5. The lowest BCUT2D eigenvalue weighted by molar-refractivity contribution is -0.369. The van der Waals surface area contributed by atoms with Crippen molar-refractivity contribution < 1.29 is 121 Å². The average Bonchev–Trinajstić information content (AvgIpc) is 0.675. The molecule has 2 aliphatic heterocycles.